The van der Waals surface area contributed by atoms with Gasteiger partial charge in [-0.05, 0) is 6.92 Å². The SMILES string of the molecule is CCOCCNc1ncc(C(N)=NO)cc1[N+](=O)[O-]. The van der Waals surface area contributed by atoms with Crippen LogP contribution in [0, 0.1) is 10.1 Å². The maximum atomic E-state index is 10.9. The first-order valence-corrected chi connectivity index (χ1v) is 5.54. The summed E-state index contributed by atoms with van der Waals surface area (Å²) in [6.07, 6.45) is 1.28. The standard InChI is InChI=1S/C10H15N5O4/c1-2-19-4-3-12-10-8(15(17)18)5-7(6-13-10)9(11)14-16/h5-6,16H,2-4H2,1H3,(H2,11,14)(H,12,13). The molecule has 0 saturated carbocycles. The zero-order valence-corrected chi connectivity index (χ0v) is 10.4. The van der Waals surface area contributed by atoms with Crippen LogP contribution in [-0.4, -0.2) is 40.7 Å². The van der Waals surface area contributed by atoms with E-state index in [1.807, 2.05) is 6.92 Å². The van der Waals surface area contributed by atoms with Gasteiger partial charge in [0.05, 0.1) is 11.5 Å². The predicted molar refractivity (Wildman–Crippen MR) is 68.4 cm³/mol. The highest BCUT2D eigenvalue weighted by atomic mass is 16.6. The minimum atomic E-state index is -0.593. The molecule has 0 atom stereocenters. The molecule has 0 radical (unpaired) electrons. The number of ether oxygens (including phenoxy) is 1. The van der Waals surface area contributed by atoms with Crippen LogP contribution in [0.5, 0.6) is 0 Å². The van der Waals surface area contributed by atoms with E-state index in [0.29, 0.717) is 19.8 Å². The van der Waals surface area contributed by atoms with Gasteiger partial charge in [0, 0.05) is 31.0 Å². The molecule has 0 spiro atoms. The molecule has 0 amide bonds. The van der Waals surface area contributed by atoms with Gasteiger partial charge >= 0.3 is 5.69 Å². The quantitative estimate of drug-likeness (QED) is 0.164. The van der Waals surface area contributed by atoms with E-state index in [-0.39, 0.29) is 22.9 Å². The highest BCUT2D eigenvalue weighted by Gasteiger charge is 2.17. The first kappa shape index (κ1) is 14.6. The lowest BCUT2D eigenvalue weighted by Gasteiger charge is -2.07. The predicted octanol–water partition coefficient (Wildman–Crippen LogP) is 0.533. The molecule has 1 heterocycles. The van der Waals surface area contributed by atoms with Crippen molar-refractivity contribution in [3.8, 4) is 0 Å². The number of nitrogens with zero attached hydrogens (tertiary/aromatic N) is 3. The summed E-state index contributed by atoms with van der Waals surface area (Å²) in [5, 5.41) is 25.0. The monoisotopic (exact) mass is 269 g/mol. The van der Waals surface area contributed by atoms with E-state index in [2.05, 4.69) is 15.5 Å². The molecule has 104 valence electrons. The van der Waals surface area contributed by atoms with E-state index in [4.69, 9.17) is 15.7 Å². The van der Waals surface area contributed by atoms with Crippen molar-refractivity contribution in [2.24, 2.45) is 10.9 Å². The second-order valence-electron chi connectivity index (χ2n) is 3.46. The summed E-state index contributed by atoms with van der Waals surface area (Å²) >= 11 is 0. The Kier molecular flexibility index (Phi) is 5.48. The van der Waals surface area contributed by atoms with E-state index in [1.165, 1.54) is 12.3 Å². The van der Waals surface area contributed by atoms with Crippen molar-refractivity contribution >= 4 is 17.3 Å². The van der Waals surface area contributed by atoms with Gasteiger partial charge in [0.25, 0.3) is 0 Å². The van der Waals surface area contributed by atoms with Gasteiger partial charge in [-0.3, -0.25) is 10.1 Å². The zero-order valence-electron chi connectivity index (χ0n) is 10.4. The van der Waals surface area contributed by atoms with Gasteiger partial charge in [-0.2, -0.15) is 0 Å². The number of pyridine rings is 1. The van der Waals surface area contributed by atoms with Crippen LogP contribution < -0.4 is 11.1 Å². The van der Waals surface area contributed by atoms with Crippen LogP contribution in [0.15, 0.2) is 17.4 Å². The van der Waals surface area contributed by atoms with Crippen molar-refractivity contribution in [1.82, 2.24) is 4.98 Å². The third-order valence-corrected chi connectivity index (χ3v) is 2.21. The number of anilines is 1. The number of aromatic nitrogens is 1. The summed E-state index contributed by atoms with van der Waals surface area (Å²) in [7, 11) is 0. The lowest BCUT2D eigenvalue weighted by Crippen LogP contribution is -2.16. The summed E-state index contributed by atoms with van der Waals surface area (Å²) in [6.45, 7) is 3.23. The number of nitrogens with two attached hydrogens (primary N) is 1. The summed E-state index contributed by atoms with van der Waals surface area (Å²) < 4.78 is 5.10. The first-order valence-electron chi connectivity index (χ1n) is 5.54. The molecule has 9 heteroatoms. The van der Waals surface area contributed by atoms with Crippen LogP contribution in [0.2, 0.25) is 0 Å². The second kappa shape index (κ2) is 7.11. The number of rotatable bonds is 7. The molecule has 4 N–H and O–H groups in total. The van der Waals surface area contributed by atoms with Crippen molar-refractivity contribution in [2.75, 3.05) is 25.1 Å². The highest BCUT2D eigenvalue weighted by Crippen LogP contribution is 2.22. The smallest absolute Gasteiger partial charge is 0.312 e. The van der Waals surface area contributed by atoms with E-state index >= 15 is 0 Å². The molecule has 0 aromatic carbocycles. The molecular weight excluding hydrogens is 254 g/mol. The second-order valence-corrected chi connectivity index (χ2v) is 3.46. The van der Waals surface area contributed by atoms with Crippen LogP contribution in [0.3, 0.4) is 0 Å². The normalized spacial score (nSPS) is 11.3. The Morgan fingerprint density at radius 2 is 2.47 bits per heavy atom. The van der Waals surface area contributed by atoms with Crippen molar-refractivity contribution in [3.05, 3.63) is 27.9 Å². The molecule has 0 aliphatic rings. The Hall–Kier alpha value is -2.42. The Morgan fingerprint density at radius 1 is 1.74 bits per heavy atom. The molecule has 0 aliphatic carbocycles. The fourth-order valence-electron chi connectivity index (χ4n) is 1.31. The number of nitrogens with one attached hydrogen (secondary N) is 1. The molecule has 0 aliphatic heterocycles. The fourth-order valence-corrected chi connectivity index (χ4v) is 1.31. The Morgan fingerprint density at radius 3 is 3.05 bits per heavy atom. The number of oxime groups is 1. The van der Waals surface area contributed by atoms with Crippen LogP contribution in [0.1, 0.15) is 12.5 Å². The largest absolute Gasteiger partial charge is 0.409 e. The van der Waals surface area contributed by atoms with Gasteiger partial charge in [-0.1, -0.05) is 5.16 Å². The van der Waals surface area contributed by atoms with Crippen molar-refractivity contribution in [1.29, 1.82) is 0 Å². The van der Waals surface area contributed by atoms with Gasteiger partial charge in [0.15, 0.2) is 5.84 Å². The molecule has 1 aromatic rings. The van der Waals surface area contributed by atoms with Crippen LogP contribution in [-0.2, 0) is 4.74 Å². The molecule has 0 unspecified atom stereocenters. The molecule has 0 bridgehead atoms. The van der Waals surface area contributed by atoms with E-state index < -0.39 is 4.92 Å². The van der Waals surface area contributed by atoms with E-state index in [0.717, 1.165) is 0 Å². The summed E-state index contributed by atoms with van der Waals surface area (Å²) in [6, 6.07) is 1.19. The van der Waals surface area contributed by atoms with Crippen molar-refractivity contribution < 1.29 is 14.9 Å². The third kappa shape index (κ3) is 4.07. The van der Waals surface area contributed by atoms with Gasteiger partial charge in [0.1, 0.15) is 0 Å². The van der Waals surface area contributed by atoms with Gasteiger partial charge in [0.2, 0.25) is 5.82 Å². The van der Waals surface area contributed by atoms with E-state index in [1.54, 1.807) is 0 Å². The average molecular weight is 269 g/mol. The minimum absolute atomic E-state index is 0.110. The number of hydrogen-bond donors (Lipinski definition) is 3. The third-order valence-electron chi connectivity index (χ3n) is 2.21. The number of amidine groups is 1. The van der Waals surface area contributed by atoms with Gasteiger partial charge in [-0.15, -0.1) is 0 Å². The van der Waals surface area contributed by atoms with Crippen molar-refractivity contribution in [3.63, 3.8) is 0 Å². The Balaban J connectivity index is 2.89. The Bertz CT molecular complexity index is 477. The lowest BCUT2D eigenvalue weighted by molar-refractivity contribution is -0.384. The van der Waals surface area contributed by atoms with E-state index in [9.17, 15) is 10.1 Å². The summed E-state index contributed by atoms with van der Waals surface area (Å²) in [4.78, 5) is 14.2. The van der Waals surface area contributed by atoms with Crippen molar-refractivity contribution in [2.45, 2.75) is 6.92 Å². The van der Waals surface area contributed by atoms with Gasteiger partial charge < -0.3 is 21.0 Å². The summed E-state index contributed by atoms with van der Waals surface area (Å²) in [5.41, 5.74) is 5.27. The maximum Gasteiger partial charge on any atom is 0.312 e. The van der Waals surface area contributed by atoms with Crippen LogP contribution in [0.4, 0.5) is 11.5 Å². The molecule has 0 saturated heterocycles. The topological polar surface area (TPSA) is 136 Å². The number of nitro groups is 1. The highest BCUT2D eigenvalue weighted by molar-refractivity contribution is 5.97. The molecule has 19 heavy (non-hydrogen) atoms. The van der Waals surface area contributed by atoms with Crippen LogP contribution >= 0.6 is 0 Å². The molecule has 0 fully saturated rings. The first-order chi connectivity index (χ1) is 9.10. The number of hydrogen-bond acceptors (Lipinski definition) is 7. The molecular formula is C10H15N5O4. The molecule has 1 aromatic heterocycles. The minimum Gasteiger partial charge on any atom is -0.409 e. The molecule has 9 nitrogen and oxygen atoms in total. The zero-order chi connectivity index (χ0) is 14.3. The Labute approximate surface area is 109 Å². The van der Waals surface area contributed by atoms with Gasteiger partial charge in [-0.25, -0.2) is 4.98 Å². The summed E-state index contributed by atoms with van der Waals surface area (Å²) in [5.74, 6) is -0.129. The fraction of sp³-hybridized carbons (Fsp3) is 0.400. The molecule has 1 rings (SSSR count). The maximum absolute atomic E-state index is 10.9. The lowest BCUT2D eigenvalue weighted by atomic mass is 10.2. The van der Waals surface area contributed by atoms with Crippen LogP contribution in [0.25, 0.3) is 0 Å². The average Bonchev–Trinajstić information content (AvgIpc) is 2.42.